The standard InChI is InChI=1S/C28H34ClN3O7/c1-31(2)22-16-9-12-8-15-19(17(33)10-13(21(15)29)11-32(3)14-6-4-5-7-14)23(34)18(12)25(36)28(16,39)26(37)20(24(22)35)27(30)38/h10,12,14,16,22,33,35-36,39H,4-9,11H2,1-3H3,(H2,30,38)/t12-,16-,22-,28-/m0/s1. The minimum atomic E-state index is -2.66. The van der Waals surface area contributed by atoms with Gasteiger partial charge in [0.1, 0.15) is 22.8 Å². The number of carbonyl (C=O) groups excluding carboxylic acids is 3. The number of aromatic hydroxyl groups is 1. The summed E-state index contributed by atoms with van der Waals surface area (Å²) in [5.74, 6) is -6.76. The number of likely N-dealkylation sites (N-methyl/N-ethyl adjacent to an activating group) is 1. The highest BCUT2D eigenvalue weighted by molar-refractivity contribution is 6.33. The molecule has 1 aromatic rings. The fraction of sp³-hybridized carbons (Fsp3) is 0.536. The molecule has 4 aliphatic carbocycles. The maximum absolute atomic E-state index is 13.8. The Bertz CT molecular complexity index is 1350. The van der Waals surface area contributed by atoms with E-state index in [1.165, 1.54) is 23.8 Å². The molecule has 0 aromatic heterocycles. The minimum Gasteiger partial charge on any atom is -0.510 e. The zero-order valence-electron chi connectivity index (χ0n) is 22.2. The molecule has 39 heavy (non-hydrogen) atoms. The maximum atomic E-state index is 13.8. The Kier molecular flexibility index (Phi) is 6.82. The van der Waals surface area contributed by atoms with Gasteiger partial charge in [-0.3, -0.25) is 24.2 Å². The topological polar surface area (TPSA) is 165 Å². The van der Waals surface area contributed by atoms with Crippen molar-refractivity contribution in [1.29, 1.82) is 0 Å². The van der Waals surface area contributed by atoms with E-state index in [-0.39, 0.29) is 29.7 Å². The van der Waals surface area contributed by atoms with Gasteiger partial charge in [-0.2, -0.15) is 0 Å². The van der Waals surface area contributed by atoms with Crippen molar-refractivity contribution in [3.63, 3.8) is 0 Å². The normalized spacial score (nSPS) is 29.3. The van der Waals surface area contributed by atoms with Gasteiger partial charge < -0.3 is 26.2 Å². The van der Waals surface area contributed by atoms with E-state index in [0.29, 0.717) is 28.7 Å². The van der Waals surface area contributed by atoms with Crippen LogP contribution in [0, 0.1) is 11.8 Å². The molecule has 0 saturated heterocycles. The highest BCUT2D eigenvalue weighted by Gasteiger charge is 2.63. The third-order valence-electron chi connectivity index (χ3n) is 9.10. The number of hydrogen-bond acceptors (Lipinski definition) is 9. The summed E-state index contributed by atoms with van der Waals surface area (Å²) in [5.41, 5.74) is 2.73. The highest BCUT2D eigenvalue weighted by Crippen LogP contribution is 2.53. The van der Waals surface area contributed by atoms with Crippen molar-refractivity contribution in [2.24, 2.45) is 17.6 Å². The summed E-state index contributed by atoms with van der Waals surface area (Å²) >= 11 is 6.85. The molecule has 6 N–H and O–H groups in total. The van der Waals surface area contributed by atoms with E-state index in [1.807, 2.05) is 7.05 Å². The monoisotopic (exact) mass is 559 g/mol. The number of phenols is 1. The van der Waals surface area contributed by atoms with Gasteiger partial charge in [-0.1, -0.05) is 24.4 Å². The Labute approximate surface area is 231 Å². The third-order valence-corrected chi connectivity index (χ3v) is 9.57. The molecule has 210 valence electrons. The summed E-state index contributed by atoms with van der Waals surface area (Å²) in [4.78, 5) is 42.9. The molecular weight excluding hydrogens is 526 g/mol. The molecule has 1 aromatic carbocycles. The molecule has 1 saturated carbocycles. The van der Waals surface area contributed by atoms with E-state index in [1.54, 1.807) is 14.1 Å². The zero-order valence-corrected chi connectivity index (χ0v) is 23.0. The molecular formula is C28H34ClN3O7. The summed E-state index contributed by atoms with van der Waals surface area (Å²) in [6.45, 7) is 0.491. The Morgan fingerprint density at radius 3 is 2.38 bits per heavy atom. The maximum Gasteiger partial charge on any atom is 0.255 e. The number of ketones is 2. The lowest BCUT2D eigenvalue weighted by Gasteiger charge is -2.50. The lowest BCUT2D eigenvalue weighted by Crippen LogP contribution is -2.63. The first kappa shape index (κ1) is 27.6. The summed E-state index contributed by atoms with van der Waals surface area (Å²) in [5, 5.41) is 45.2. The van der Waals surface area contributed by atoms with Crippen molar-refractivity contribution in [2.75, 3.05) is 21.1 Å². The van der Waals surface area contributed by atoms with Crippen molar-refractivity contribution in [3.05, 3.63) is 50.4 Å². The number of aliphatic hydroxyl groups excluding tert-OH is 2. The van der Waals surface area contributed by atoms with Crippen LogP contribution < -0.4 is 5.73 Å². The number of amides is 1. The van der Waals surface area contributed by atoms with Crippen LogP contribution in [0.15, 0.2) is 28.7 Å². The van der Waals surface area contributed by atoms with Crippen LogP contribution in [-0.4, -0.2) is 86.5 Å². The average molecular weight is 560 g/mol. The van der Waals surface area contributed by atoms with E-state index in [9.17, 15) is 34.8 Å². The highest BCUT2D eigenvalue weighted by atomic mass is 35.5. The first-order valence-electron chi connectivity index (χ1n) is 13.2. The Balaban J connectivity index is 1.61. The summed E-state index contributed by atoms with van der Waals surface area (Å²) in [6.07, 6.45) is 4.71. The molecule has 1 amide bonds. The molecule has 11 heteroatoms. The van der Waals surface area contributed by atoms with E-state index < -0.39 is 58.0 Å². The largest absolute Gasteiger partial charge is 0.510 e. The van der Waals surface area contributed by atoms with Crippen LogP contribution in [-0.2, 0) is 22.6 Å². The van der Waals surface area contributed by atoms with Gasteiger partial charge in [0, 0.05) is 29.1 Å². The molecule has 0 heterocycles. The number of rotatable bonds is 5. The number of halogens is 1. The molecule has 0 spiro atoms. The predicted molar refractivity (Wildman–Crippen MR) is 142 cm³/mol. The third kappa shape index (κ3) is 3.99. The van der Waals surface area contributed by atoms with E-state index in [4.69, 9.17) is 17.3 Å². The van der Waals surface area contributed by atoms with Gasteiger partial charge in [-0.15, -0.1) is 0 Å². The number of aliphatic hydroxyl groups is 3. The fourth-order valence-electron chi connectivity index (χ4n) is 7.21. The first-order valence-corrected chi connectivity index (χ1v) is 13.6. The fourth-order valence-corrected chi connectivity index (χ4v) is 7.50. The Hall–Kier alpha value is -2.92. The first-order chi connectivity index (χ1) is 18.3. The lowest BCUT2D eigenvalue weighted by molar-refractivity contribution is -0.148. The zero-order chi connectivity index (χ0) is 28.5. The number of benzene rings is 1. The van der Waals surface area contributed by atoms with Crippen molar-refractivity contribution in [3.8, 4) is 5.75 Å². The lowest BCUT2D eigenvalue weighted by atomic mass is 9.58. The van der Waals surface area contributed by atoms with E-state index in [2.05, 4.69) is 4.90 Å². The van der Waals surface area contributed by atoms with Crippen LogP contribution in [0.5, 0.6) is 5.75 Å². The van der Waals surface area contributed by atoms with Gasteiger partial charge >= 0.3 is 0 Å². The number of nitrogens with zero attached hydrogens (tertiary/aromatic N) is 2. The molecule has 5 rings (SSSR count). The van der Waals surface area contributed by atoms with Gasteiger partial charge in [0.15, 0.2) is 11.4 Å². The smallest absolute Gasteiger partial charge is 0.255 e. The SMILES string of the molecule is CN(Cc1cc(O)c2c(c1Cl)C[C@H]1C[C@H]3[C@H](N(C)C)C(O)=C(C(N)=O)C(=O)[C@@]3(O)C(O)=C1C2=O)C1CCCC1. The Morgan fingerprint density at radius 2 is 1.79 bits per heavy atom. The van der Waals surface area contributed by atoms with Gasteiger partial charge in [-0.25, -0.2) is 0 Å². The van der Waals surface area contributed by atoms with Crippen molar-refractivity contribution in [1.82, 2.24) is 9.80 Å². The van der Waals surface area contributed by atoms with Crippen molar-refractivity contribution < 1.29 is 34.8 Å². The second-order valence-electron chi connectivity index (χ2n) is 11.5. The van der Waals surface area contributed by atoms with Crippen LogP contribution in [0.25, 0.3) is 0 Å². The quantitative estimate of drug-likeness (QED) is 0.340. The van der Waals surface area contributed by atoms with Gasteiger partial charge in [-0.05, 0) is 69.9 Å². The van der Waals surface area contributed by atoms with Gasteiger partial charge in [0.05, 0.1) is 11.6 Å². The summed E-state index contributed by atoms with van der Waals surface area (Å²) in [6, 6.07) is 0.842. The van der Waals surface area contributed by atoms with Crippen LogP contribution in [0.2, 0.25) is 5.02 Å². The number of allylic oxidation sites excluding steroid dienone is 1. The predicted octanol–water partition coefficient (Wildman–Crippen LogP) is 2.15. The number of primary amides is 1. The van der Waals surface area contributed by atoms with Crippen molar-refractivity contribution in [2.45, 2.75) is 62.8 Å². The number of fused-ring (bicyclic) bond motifs is 3. The number of hydrogen-bond donors (Lipinski definition) is 5. The molecule has 4 aliphatic rings. The van der Waals surface area contributed by atoms with E-state index in [0.717, 1.165) is 12.8 Å². The molecule has 0 aliphatic heterocycles. The second-order valence-corrected chi connectivity index (χ2v) is 11.9. The van der Waals surface area contributed by atoms with E-state index >= 15 is 0 Å². The molecule has 10 nitrogen and oxygen atoms in total. The van der Waals surface area contributed by atoms with Gasteiger partial charge in [0.25, 0.3) is 5.91 Å². The minimum absolute atomic E-state index is 0.0229. The average Bonchev–Trinajstić information content (AvgIpc) is 3.39. The Morgan fingerprint density at radius 1 is 1.15 bits per heavy atom. The molecule has 0 unspecified atom stereocenters. The molecule has 1 fully saturated rings. The van der Waals surface area contributed by atoms with Gasteiger partial charge in [0.2, 0.25) is 5.78 Å². The number of Topliss-reactive ketones (excluding diaryl/α,β-unsaturated/α-hetero) is 2. The summed E-state index contributed by atoms with van der Waals surface area (Å²) < 4.78 is 0. The number of nitrogens with two attached hydrogens (primary N) is 1. The van der Waals surface area contributed by atoms with Crippen LogP contribution in [0.3, 0.4) is 0 Å². The molecule has 4 atom stereocenters. The number of phenolic OH excluding ortho intramolecular Hbond substituents is 1. The molecule has 0 bridgehead atoms. The van der Waals surface area contributed by atoms with Crippen LogP contribution in [0.1, 0.15) is 53.6 Å². The number of carbonyl (C=O) groups is 3. The second kappa shape index (κ2) is 9.62. The van der Waals surface area contributed by atoms with Crippen molar-refractivity contribution >= 4 is 29.1 Å². The van der Waals surface area contributed by atoms with Crippen LogP contribution in [0.4, 0.5) is 0 Å². The summed E-state index contributed by atoms with van der Waals surface area (Å²) in [7, 11) is 5.20. The van der Waals surface area contributed by atoms with Crippen LogP contribution >= 0.6 is 11.6 Å². The molecule has 0 radical (unpaired) electrons.